The first-order valence-corrected chi connectivity index (χ1v) is 48.9. The molecule has 672 valence electrons. The molecule has 0 fully saturated rings. The van der Waals surface area contributed by atoms with E-state index in [0.29, 0.717) is 0 Å². The van der Waals surface area contributed by atoms with Crippen LogP contribution in [-0.2, 0) is 17.0 Å². The zero-order chi connectivity index (χ0) is 94.2. The van der Waals surface area contributed by atoms with Gasteiger partial charge in [0.15, 0.2) is 33.4 Å². The van der Waals surface area contributed by atoms with Gasteiger partial charge in [0.25, 0.3) is 0 Å². The number of benzene rings is 17. The molecule has 2 atom stereocenters. The molecule has 144 heavy (non-hydrogen) atoms. The van der Waals surface area contributed by atoms with Gasteiger partial charge in [0, 0.05) is 11.8 Å². The van der Waals surface area contributed by atoms with E-state index in [2.05, 4.69) is 549 Å². The van der Waals surface area contributed by atoms with Crippen LogP contribution in [0.5, 0.6) is 34.5 Å². The summed E-state index contributed by atoms with van der Waals surface area (Å²) < 4.78 is 48.1. The van der Waals surface area contributed by atoms with Crippen LogP contribution in [0.25, 0.3) is 168 Å². The third kappa shape index (κ3) is 11.3. The topological polar surface area (TPSA) is 93.4 Å². The summed E-state index contributed by atoms with van der Waals surface area (Å²) in [7, 11) is 0. The Morgan fingerprint density at radius 2 is 0.340 bits per heavy atom. The van der Waals surface area contributed by atoms with E-state index < -0.39 is 17.0 Å². The van der Waals surface area contributed by atoms with E-state index in [1.807, 2.05) is 12.3 Å². The summed E-state index contributed by atoms with van der Waals surface area (Å²) in [6.45, 7) is 0. The number of pyridine rings is 1. The molecule has 0 aliphatic carbocycles. The van der Waals surface area contributed by atoms with Crippen molar-refractivity contribution in [3.8, 4) is 202 Å². The molecule has 33 rings (SSSR count). The second kappa shape index (κ2) is 30.3. The van der Waals surface area contributed by atoms with Crippen LogP contribution in [0.1, 0.15) is 33.4 Å². The zero-order valence-corrected chi connectivity index (χ0v) is 77.5. The van der Waals surface area contributed by atoms with Gasteiger partial charge in [-0.05, 0) is 214 Å². The van der Waals surface area contributed by atoms with Crippen LogP contribution in [0, 0.1) is 0 Å². The number of fused-ring (bicyclic) bond motifs is 12. The van der Waals surface area contributed by atoms with E-state index >= 15 is 0 Å². The minimum Gasteiger partial charge on any atom is -0.455 e. The van der Waals surface area contributed by atoms with Crippen molar-refractivity contribution in [2.75, 3.05) is 0 Å². The molecule has 7 aromatic heterocycles. The van der Waals surface area contributed by atoms with E-state index in [1.54, 1.807) is 0 Å². The van der Waals surface area contributed by atoms with Crippen LogP contribution in [0.15, 0.2) is 505 Å². The molecule has 3 spiro atoms. The summed E-state index contributed by atoms with van der Waals surface area (Å²) >= 11 is 0. The van der Waals surface area contributed by atoms with Crippen LogP contribution < -0.4 is 42.3 Å². The summed E-state index contributed by atoms with van der Waals surface area (Å²) in [6, 6.07) is 150. The third-order valence-electron chi connectivity index (χ3n) is 30.5. The predicted molar refractivity (Wildman–Crippen MR) is 554 cm³/mol. The fourth-order valence-corrected chi connectivity index (χ4v) is 24.2. The fourth-order valence-electron chi connectivity index (χ4n) is 24.2. The van der Waals surface area contributed by atoms with Crippen LogP contribution in [-0.4, -0.2) is 33.1 Å². The maximum atomic E-state index is 6.66. The molecule has 24 aromatic rings. The normalized spacial score (nSPS) is 15.1. The standard InChI is InChI=1S/2C43H28N4O.C42H27N5O/c1-3-11-29(12-4-1)31-15-7-17-33(23-31)35-25-44-37-19-9-21-39-41(37)43(46(44)27-35)42-38(20-10-22-40(42)48-39)45-26-36(28-47(43)45)34-18-8-16-32(24-34)30-13-5-2-6-14-30;1-3-10-29(11-4-1)31-20-22-32(23-21-31)35-25-44-37-16-8-18-39-41(37)43(46(44)27-35)42-38(17-9-19-40(42)48-39)45-26-36(28-47(43)45)34-15-7-14-33(24-34)30-12-5-2-6-13-30;1-3-9-28(10-4-1)30-17-19-31(20-18-30)33-24-44-36-13-7-15-38-40(36)42(46(44)26-33)41-37(14-8-16-39(41)48-38)45-25-34(27-47(42)45)35-22-21-32(23-43-35)29-11-5-2-6-12-29/h2*1-28H;1-27H/q3*+2. The molecule has 2 unspecified atom stereocenters. The van der Waals surface area contributed by atoms with Crippen molar-refractivity contribution in [2.24, 2.45) is 0 Å². The van der Waals surface area contributed by atoms with Gasteiger partial charge in [-0.15, -0.1) is 28.1 Å². The lowest BCUT2D eigenvalue weighted by Crippen LogP contribution is -2.74. The molecule has 0 amide bonds. The summed E-state index contributed by atoms with van der Waals surface area (Å²) in [6.07, 6.45) is 29.2. The van der Waals surface area contributed by atoms with E-state index in [0.717, 1.165) is 152 Å². The highest BCUT2D eigenvalue weighted by Gasteiger charge is 2.77. The van der Waals surface area contributed by atoms with Gasteiger partial charge in [0.2, 0.25) is 37.2 Å². The van der Waals surface area contributed by atoms with Gasteiger partial charge in [-0.25, -0.2) is 0 Å². The lowest BCUT2D eigenvalue weighted by Gasteiger charge is -2.22. The lowest BCUT2D eigenvalue weighted by atomic mass is 9.87. The van der Waals surface area contributed by atoms with E-state index in [4.69, 9.17) is 19.2 Å². The van der Waals surface area contributed by atoms with Gasteiger partial charge in [-0.3, -0.25) is 4.98 Å². The van der Waals surface area contributed by atoms with Gasteiger partial charge in [0.05, 0.1) is 76.3 Å². The molecule has 0 bridgehead atoms. The van der Waals surface area contributed by atoms with Crippen molar-refractivity contribution in [2.45, 2.75) is 17.0 Å². The Morgan fingerprint density at radius 3 is 0.583 bits per heavy atom. The summed E-state index contributed by atoms with van der Waals surface area (Å²) in [5, 5.41) is 0. The highest BCUT2D eigenvalue weighted by molar-refractivity contribution is 5.82. The van der Waals surface area contributed by atoms with Gasteiger partial charge in [-0.1, -0.05) is 328 Å². The molecule has 0 N–H and O–H groups in total. The fraction of sp³-hybridized carbons (Fsp3) is 0.0234. The Kier molecular flexibility index (Phi) is 16.7. The molecular formula is C128H83N13O3+6. The Balaban J connectivity index is 0.0000000986. The number of nitrogens with zero attached hydrogens (tertiary/aromatic N) is 13. The zero-order valence-electron chi connectivity index (χ0n) is 77.5. The summed E-state index contributed by atoms with van der Waals surface area (Å²) in [4.78, 5) is 4.94. The molecule has 9 aliphatic heterocycles. The Morgan fingerprint density at radius 1 is 0.160 bits per heavy atom. The minimum absolute atomic E-state index is 0.659. The summed E-state index contributed by atoms with van der Waals surface area (Å²) in [5.41, 5.74) is 39.6. The summed E-state index contributed by atoms with van der Waals surface area (Å²) in [5.74, 6) is 5.28. The van der Waals surface area contributed by atoms with Crippen molar-refractivity contribution in [1.82, 2.24) is 33.1 Å². The minimum atomic E-state index is -0.680. The number of hydrogen-bond donors (Lipinski definition) is 0. The average molecular weight is 1850 g/mol. The van der Waals surface area contributed by atoms with E-state index in [-0.39, 0.29) is 0 Å². The second-order valence-corrected chi connectivity index (χ2v) is 38.2. The molecule has 17 aromatic carbocycles. The quantitative estimate of drug-likeness (QED) is 0.114. The van der Waals surface area contributed by atoms with Crippen molar-refractivity contribution in [3.63, 3.8) is 0 Å². The molecule has 16 heterocycles. The van der Waals surface area contributed by atoms with Crippen LogP contribution >= 0.6 is 0 Å². The molecule has 9 aliphatic rings. The number of hydrogen-bond acceptors (Lipinski definition) is 4. The Bertz CT molecular complexity index is 9110. The lowest BCUT2D eigenvalue weighted by molar-refractivity contribution is -1.02. The molecule has 0 radical (unpaired) electrons. The SMILES string of the molecule is c1ccc(-c2ccc(-c3cn4[n+](c3)C35c6c(cccc6-4)Oc4cccc(c43)-n3cc(-c4ccc(-c6ccccc6)cn4)c[n+]35)cc2)cc1.c1ccc(-c2ccc(-c3cn4[n+](c3)C35c6c(cccc6-4)Oc4cccc(c43)-n3cc(-c4cccc(-c6ccccc6)c4)c[n+]35)cc2)cc1.c1ccc(-c2cccc(-c3cn4[n+](c3)C35c6c(cccc6-4)Oc4cccc(c43)-n3cc(-c4cccc(-c6ccccc6)c4)c[n+]35)c2)cc1. The van der Waals surface area contributed by atoms with Crippen LogP contribution in [0.3, 0.4) is 0 Å². The van der Waals surface area contributed by atoms with E-state index in [1.165, 1.54) is 83.5 Å². The molecule has 0 saturated carbocycles. The Labute approximate surface area is 827 Å². The van der Waals surface area contributed by atoms with Crippen molar-refractivity contribution in [3.05, 3.63) is 539 Å². The van der Waals surface area contributed by atoms with Gasteiger partial charge in [-0.2, -0.15) is 0 Å². The molecule has 0 saturated heterocycles. The van der Waals surface area contributed by atoms with Gasteiger partial charge >= 0.3 is 17.0 Å². The number of rotatable bonds is 12. The average Bonchev–Trinajstić information content (AvgIpc) is 1.49. The highest BCUT2D eigenvalue weighted by atomic mass is 16.5. The second-order valence-electron chi connectivity index (χ2n) is 38.2. The highest BCUT2D eigenvalue weighted by Crippen LogP contribution is 2.59. The van der Waals surface area contributed by atoms with Crippen LogP contribution in [0.2, 0.25) is 0 Å². The maximum absolute atomic E-state index is 6.66. The van der Waals surface area contributed by atoms with Gasteiger partial charge in [0.1, 0.15) is 68.6 Å². The first-order chi connectivity index (χ1) is 71.3. The van der Waals surface area contributed by atoms with Crippen molar-refractivity contribution >= 4 is 0 Å². The van der Waals surface area contributed by atoms with Crippen LogP contribution in [0.4, 0.5) is 0 Å². The largest absolute Gasteiger partial charge is 0.469 e. The van der Waals surface area contributed by atoms with Gasteiger partial charge < -0.3 is 14.2 Å². The number of aromatic nitrogens is 13. The third-order valence-corrected chi connectivity index (χ3v) is 30.5. The number of ether oxygens (including phenoxy) is 3. The first kappa shape index (κ1) is 79.6. The molecule has 16 nitrogen and oxygen atoms in total. The smallest absolute Gasteiger partial charge is 0.455 e. The van der Waals surface area contributed by atoms with Crippen molar-refractivity contribution in [1.29, 1.82) is 0 Å². The predicted octanol–water partition coefficient (Wildman–Crippen LogP) is 25.0. The first-order valence-electron chi connectivity index (χ1n) is 48.9. The molecular weight excluding hydrogens is 1770 g/mol. The van der Waals surface area contributed by atoms with Crippen molar-refractivity contribution < 1.29 is 42.3 Å². The maximum Gasteiger partial charge on any atom is 0.469 e. The van der Waals surface area contributed by atoms with E-state index in [9.17, 15) is 0 Å². The monoisotopic (exact) mass is 1850 g/mol. The Hall–Kier alpha value is -19.5. The molecule has 16 heteroatoms.